The molecule has 2 amide bonds. The minimum absolute atomic E-state index is 0.106. The molecular weight excluding hydrogens is 388 g/mol. The van der Waals surface area contributed by atoms with E-state index in [1.807, 2.05) is 42.5 Å². The number of amides is 2. The van der Waals surface area contributed by atoms with E-state index in [9.17, 15) is 14.7 Å². The Morgan fingerprint density at radius 2 is 1.65 bits per heavy atom. The summed E-state index contributed by atoms with van der Waals surface area (Å²) < 4.78 is 0. The smallest absolute Gasteiger partial charge is 0.259 e. The lowest BCUT2D eigenvalue weighted by atomic mass is 10.0. The van der Waals surface area contributed by atoms with Gasteiger partial charge in [0.1, 0.15) is 5.75 Å². The van der Waals surface area contributed by atoms with Crippen LogP contribution < -0.4 is 10.6 Å². The summed E-state index contributed by atoms with van der Waals surface area (Å²) in [5.41, 5.74) is 1.35. The third-order valence-electron chi connectivity index (χ3n) is 5.32. The van der Waals surface area contributed by atoms with Gasteiger partial charge in [0, 0.05) is 23.2 Å². The minimum Gasteiger partial charge on any atom is -0.507 e. The standard InChI is InChI=1S/C26H24N2O3/c1-2-3-13-27-25(30)19-12-11-18-16-24(29)22(15-20(18)14-19)26(31)28-23-10-6-8-17-7-4-5-9-21(17)23/h4-12,14-16,29H,2-3,13H2,1H3,(H,27,30)(H,28,31). The van der Waals surface area contributed by atoms with Crippen molar-refractivity contribution >= 4 is 39.0 Å². The summed E-state index contributed by atoms with van der Waals surface area (Å²) in [6.07, 6.45) is 1.93. The van der Waals surface area contributed by atoms with E-state index < -0.39 is 5.91 Å². The number of aromatic hydroxyl groups is 1. The third kappa shape index (κ3) is 4.36. The average Bonchev–Trinajstić information content (AvgIpc) is 2.78. The van der Waals surface area contributed by atoms with Crippen molar-refractivity contribution in [3.8, 4) is 5.75 Å². The van der Waals surface area contributed by atoms with E-state index in [4.69, 9.17) is 0 Å². The number of benzene rings is 4. The molecule has 0 aliphatic heterocycles. The number of unbranched alkanes of at least 4 members (excludes halogenated alkanes) is 1. The van der Waals surface area contributed by atoms with Crippen molar-refractivity contribution in [3.05, 3.63) is 83.9 Å². The van der Waals surface area contributed by atoms with Crippen LogP contribution in [0.3, 0.4) is 0 Å². The molecule has 31 heavy (non-hydrogen) atoms. The fourth-order valence-electron chi connectivity index (χ4n) is 3.61. The van der Waals surface area contributed by atoms with Crippen LogP contribution in [0.25, 0.3) is 21.5 Å². The molecule has 0 saturated carbocycles. The number of rotatable bonds is 6. The monoisotopic (exact) mass is 412 g/mol. The molecule has 0 radical (unpaired) electrons. The van der Waals surface area contributed by atoms with Crippen molar-refractivity contribution in [2.24, 2.45) is 0 Å². The van der Waals surface area contributed by atoms with Crippen molar-refractivity contribution in [3.63, 3.8) is 0 Å². The molecule has 0 aromatic heterocycles. The first-order valence-electron chi connectivity index (χ1n) is 10.4. The summed E-state index contributed by atoms with van der Waals surface area (Å²) >= 11 is 0. The van der Waals surface area contributed by atoms with Gasteiger partial charge in [0.25, 0.3) is 11.8 Å². The number of anilines is 1. The quantitative estimate of drug-likeness (QED) is 0.367. The summed E-state index contributed by atoms with van der Waals surface area (Å²) in [5, 5.41) is 19.7. The summed E-state index contributed by atoms with van der Waals surface area (Å²) in [4.78, 5) is 25.3. The number of carbonyl (C=O) groups excluding carboxylic acids is 2. The molecule has 0 saturated heterocycles. The summed E-state index contributed by atoms with van der Waals surface area (Å²) in [6, 6.07) is 21.9. The highest BCUT2D eigenvalue weighted by Crippen LogP contribution is 2.28. The second-order valence-electron chi connectivity index (χ2n) is 7.52. The fraction of sp³-hybridized carbons (Fsp3) is 0.154. The Labute approximate surface area is 180 Å². The number of phenols is 1. The molecule has 0 atom stereocenters. The van der Waals surface area contributed by atoms with Crippen LogP contribution >= 0.6 is 0 Å². The van der Waals surface area contributed by atoms with E-state index in [1.165, 1.54) is 0 Å². The maximum absolute atomic E-state index is 13.0. The van der Waals surface area contributed by atoms with Crippen LogP contribution in [0.5, 0.6) is 5.75 Å². The van der Waals surface area contributed by atoms with Crippen LogP contribution in [0.4, 0.5) is 5.69 Å². The highest BCUT2D eigenvalue weighted by Gasteiger charge is 2.15. The average molecular weight is 412 g/mol. The number of nitrogens with one attached hydrogen (secondary N) is 2. The Bertz CT molecular complexity index is 1280. The van der Waals surface area contributed by atoms with Crippen LogP contribution in [0, 0.1) is 0 Å². The number of phenolic OH excluding ortho intramolecular Hbond substituents is 1. The molecule has 4 aromatic rings. The van der Waals surface area contributed by atoms with E-state index in [1.54, 1.807) is 30.3 Å². The summed E-state index contributed by atoms with van der Waals surface area (Å²) in [6.45, 7) is 2.70. The first-order chi connectivity index (χ1) is 15.1. The summed E-state index contributed by atoms with van der Waals surface area (Å²) in [5.74, 6) is -0.663. The summed E-state index contributed by atoms with van der Waals surface area (Å²) in [7, 11) is 0. The van der Waals surface area contributed by atoms with E-state index >= 15 is 0 Å². The second kappa shape index (κ2) is 8.88. The second-order valence-corrected chi connectivity index (χ2v) is 7.52. The molecule has 0 aliphatic rings. The SMILES string of the molecule is CCCCNC(=O)c1ccc2cc(O)c(C(=O)Nc3cccc4ccccc34)cc2c1. The maximum atomic E-state index is 13.0. The molecular formula is C26H24N2O3. The van der Waals surface area contributed by atoms with Gasteiger partial charge in [-0.05, 0) is 52.9 Å². The van der Waals surface area contributed by atoms with Crippen LogP contribution in [0.1, 0.15) is 40.5 Å². The van der Waals surface area contributed by atoms with E-state index in [2.05, 4.69) is 17.6 Å². The normalized spacial score (nSPS) is 10.9. The Hall–Kier alpha value is -3.86. The van der Waals surface area contributed by atoms with E-state index in [-0.39, 0.29) is 17.2 Å². The topological polar surface area (TPSA) is 78.4 Å². The van der Waals surface area contributed by atoms with Crippen molar-refractivity contribution < 1.29 is 14.7 Å². The van der Waals surface area contributed by atoms with Gasteiger partial charge in [-0.25, -0.2) is 0 Å². The molecule has 4 aromatic carbocycles. The van der Waals surface area contributed by atoms with Gasteiger partial charge in [0.05, 0.1) is 5.56 Å². The fourth-order valence-corrected chi connectivity index (χ4v) is 3.61. The Kier molecular flexibility index (Phi) is 5.85. The van der Waals surface area contributed by atoms with Crippen LogP contribution in [-0.4, -0.2) is 23.5 Å². The van der Waals surface area contributed by atoms with E-state index in [0.29, 0.717) is 23.2 Å². The molecule has 0 bridgehead atoms. The van der Waals surface area contributed by atoms with Gasteiger partial charge in [0.2, 0.25) is 0 Å². The molecule has 0 spiro atoms. The molecule has 4 rings (SSSR count). The van der Waals surface area contributed by atoms with Crippen molar-refractivity contribution in [2.45, 2.75) is 19.8 Å². The lowest BCUT2D eigenvalue weighted by Gasteiger charge is -2.11. The predicted octanol–water partition coefficient (Wildman–Crippen LogP) is 5.48. The van der Waals surface area contributed by atoms with Gasteiger partial charge >= 0.3 is 0 Å². The van der Waals surface area contributed by atoms with Gasteiger partial charge in [0.15, 0.2) is 0 Å². The highest BCUT2D eigenvalue weighted by molar-refractivity contribution is 6.12. The lowest BCUT2D eigenvalue weighted by Crippen LogP contribution is -2.24. The minimum atomic E-state index is -0.409. The molecule has 0 heterocycles. The lowest BCUT2D eigenvalue weighted by molar-refractivity contribution is 0.0952. The van der Waals surface area contributed by atoms with Crippen molar-refractivity contribution in [2.75, 3.05) is 11.9 Å². The zero-order valence-corrected chi connectivity index (χ0v) is 17.3. The molecule has 5 nitrogen and oxygen atoms in total. The Balaban J connectivity index is 1.64. The zero-order valence-electron chi connectivity index (χ0n) is 17.3. The van der Waals surface area contributed by atoms with Gasteiger partial charge < -0.3 is 15.7 Å². The number of hydrogen-bond donors (Lipinski definition) is 3. The molecule has 0 aliphatic carbocycles. The van der Waals surface area contributed by atoms with Crippen molar-refractivity contribution in [1.29, 1.82) is 0 Å². The van der Waals surface area contributed by atoms with E-state index in [0.717, 1.165) is 29.0 Å². The first-order valence-corrected chi connectivity index (χ1v) is 10.4. The van der Waals surface area contributed by atoms with Gasteiger partial charge in [-0.15, -0.1) is 0 Å². The van der Waals surface area contributed by atoms with Gasteiger partial charge in [-0.1, -0.05) is 55.8 Å². The van der Waals surface area contributed by atoms with Crippen molar-refractivity contribution in [1.82, 2.24) is 5.32 Å². The molecule has 3 N–H and O–H groups in total. The third-order valence-corrected chi connectivity index (χ3v) is 5.32. The Morgan fingerprint density at radius 1 is 0.839 bits per heavy atom. The first kappa shape index (κ1) is 20.4. The van der Waals surface area contributed by atoms with Gasteiger partial charge in [-0.3, -0.25) is 9.59 Å². The van der Waals surface area contributed by atoms with Crippen LogP contribution in [0.15, 0.2) is 72.8 Å². The zero-order chi connectivity index (χ0) is 21.8. The van der Waals surface area contributed by atoms with Gasteiger partial charge in [-0.2, -0.15) is 0 Å². The van der Waals surface area contributed by atoms with Crippen LogP contribution in [0.2, 0.25) is 0 Å². The molecule has 5 heteroatoms. The molecule has 0 fully saturated rings. The maximum Gasteiger partial charge on any atom is 0.259 e. The largest absolute Gasteiger partial charge is 0.507 e. The highest BCUT2D eigenvalue weighted by atomic mass is 16.3. The Morgan fingerprint density at radius 3 is 2.48 bits per heavy atom. The number of fused-ring (bicyclic) bond motifs is 2. The number of hydrogen-bond acceptors (Lipinski definition) is 3. The number of carbonyl (C=O) groups is 2. The van der Waals surface area contributed by atoms with Crippen LogP contribution in [-0.2, 0) is 0 Å². The molecule has 156 valence electrons. The molecule has 0 unspecified atom stereocenters. The predicted molar refractivity (Wildman–Crippen MR) is 125 cm³/mol.